The van der Waals surface area contributed by atoms with E-state index in [0.717, 1.165) is 12.0 Å². The first kappa shape index (κ1) is 13.6. The van der Waals surface area contributed by atoms with Gasteiger partial charge >= 0.3 is 5.97 Å². The number of amides is 1. The highest BCUT2D eigenvalue weighted by Gasteiger charge is 2.31. The molecule has 1 unspecified atom stereocenters. The Morgan fingerprint density at radius 2 is 2.16 bits per heavy atom. The number of carbonyl (C=O) groups is 2. The van der Waals surface area contributed by atoms with E-state index < -0.39 is 0 Å². The average Bonchev–Trinajstić information content (AvgIpc) is 2.36. The number of hydrogen-bond acceptors (Lipinski definition) is 3. The molecule has 0 fully saturated rings. The molecule has 4 nitrogen and oxygen atoms in total. The van der Waals surface area contributed by atoms with Crippen molar-refractivity contribution in [1.82, 2.24) is 5.32 Å². The topological polar surface area (TPSA) is 55.4 Å². The second kappa shape index (κ2) is 6.36. The van der Waals surface area contributed by atoms with E-state index in [4.69, 9.17) is 4.74 Å². The highest BCUT2D eigenvalue weighted by Crippen LogP contribution is 2.34. The van der Waals surface area contributed by atoms with Crippen molar-refractivity contribution >= 4 is 11.9 Å². The van der Waals surface area contributed by atoms with Gasteiger partial charge in [-0.1, -0.05) is 24.3 Å². The molecule has 0 aliphatic heterocycles. The van der Waals surface area contributed by atoms with Crippen LogP contribution in [-0.4, -0.2) is 25.0 Å². The van der Waals surface area contributed by atoms with Crippen LogP contribution in [-0.2, 0) is 20.7 Å². The minimum absolute atomic E-state index is 0.0150. The molecular formula is C15H19NO3. The summed E-state index contributed by atoms with van der Waals surface area (Å²) in [7, 11) is 0. The molecule has 1 aliphatic carbocycles. The number of fused-ring (bicyclic) bond motifs is 1. The molecule has 19 heavy (non-hydrogen) atoms. The van der Waals surface area contributed by atoms with E-state index in [0.29, 0.717) is 26.0 Å². The minimum Gasteiger partial charge on any atom is -0.466 e. The second-order valence-electron chi connectivity index (χ2n) is 4.66. The largest absolute Gasteiger partial charge is 0.466 e. The van der Waals surface area contributed by atoms with Crippen LogP contribution < -0.4 is 5.32 Å². The van der Waals surface area contributed by atoms with Crippen LogP contribution in [0.5, 0.6) is 0 Å². The summed E-state index contributed by atoms with van der Waals surface area (Å²) in [6, 6.07) is 8.01. The first-order valence-electron chi connectivity index (χ1n) is 6.73. The zero-order chi connectivity index (χ0) is 13.7. The lowest BCUT2D eigenvalue weighted by atomic mass is 9.77. The lowest BCUT2D eigenvalue weighted by Gasteiger charge is -2.28. The van der Waals surface area contributed by atoms with Crippen molar-refractivity contribution in [2.45, 2.75) is 32.1 Å². The summed E-state index contributed by atoms with van der Waals surface area (Å²) in [5.74, 6) is -0.160. The molecule has 102 valence electrons. The highest BCUT2D eigenvalue weighted by atomic mass is 16.5. The predicted molar refractivity (Wildman–Crippen MR) is 71.8 cm³/mol. The molecule has 1 aliphatic rings. The van der Waals surface area contributed by atoms with Crippen LogP contribution in [0.25, 0.3) is 0 Å². The average molecular weight is 261 g/mol. The molecule has 1 atom stereocenters. The van der Waals surface area contributed by atoms with Gasteiger partial charge in [0.1, 0.15) is 0 Å². The summed E-state index contributed by atoms with van der Waals surface area (Å²) < 4.78 is 4.82. The monoisotopic (exact) mass is 261 g/mol. The molecule has 0 spiro atoms. The molecule has 1 amide bonds. The maximum Gasteiger partial charge on any atom is 0.305 e. The SMILES string of the molecule is CCOC(=O)CCCNC(=O)C1Cc2ccccc21. The molecule has 0 saturated heterocycles. The van der Waals surface area contributed by atoms with Gasteiger partial charge in [-0.15, -0.1) is 0 Å². The van der Waals surface area contributed by atoms with Crippen molar-refractivity contribution in [3.05, 3.63) is 35.4 Å². The molecule has 1 N–H and O–H groups in total. The van der Waals surface area contributed by atoms with Crippen molar-refractivity contribution in [2.75, 3.05) is 13.2 Å². The van der Waals surface area contributed by atoms with Gasteiger partial charge in [0.2, 0.25) is 5.91 Å². The van der Waals surface area contributed by atoms with Crippen LogP contribution in [0, 0.1) is 0 Å². The Morgan fingerprint density at radius 3 is 2.89 bits per heavy atom. The summed E-state index contributed by atoms with van der Waals surface area (Å²) in [6.45, 7) is 2.72. The van der Waals surface area contributed by atoms with E-state index in [1.807, 2.05) is 18.2 Å². The van der Waals surface area contributed by atoms with Gasteiger partial charge in [0.25, 0.3) is 0 Å². The molecule has 0 bridgehead atoms. The van der Waals surface area contributed by atoms with Crippen LogP contribution in [0.4, 0.5) is 0 Å². The minimum atomic E-state index is -0.203. The molecule has 2 rings (SSSR count). The van der Waals surface area contributed by atoms with Gasteiger partial charge in [0, 0.05) is 13.0 Å². The Hall–Kier alpha value is -1.84. The Labute approximate surface area is 113 Å². The van der Waals surface area contributed by atoms with Crippen LogP contribution in [0.1, 0.15) is 36.8 Å². The Kier molecular flexibility index (Phi) is 4.55. The van der Waals surface area contributed by atoms with Gasteiger partial charge in [-0.3, -0.25) is 9.59 Å². The van der Waals surface area contributed by atoms with Gasteiger partial charge in [0.15, 0.2) is 0 Å². The van der Waals surface area contributed by atoms with E-state index in [2.05, 4.69) is 11.4 Å². The molecule has 0 radical (unpaired) electrons. The van der Waals surface area contributed by atoms with Gasteiger partial charge < -0.3 is 10.1 Å². The third kappa shape index (κ3) is 3.34. The van der Waals surface area contributed by atoms with Crippen LogP contribution >= 0.6 is 0 Å². The number of ether oxygens (including phenoxy) is 1. The predicted octanol–water partition coefficient (Wildman–Crippen LogP) is 1.79. The van der Waals surface area contributed by atoms with Crippen LogP contribution in [0.15, 0.2) is 24.3 Å². The lowest BCUT2D eigenvalue weighted by molar-refractivity contribution is -0.143. The normalized spacial score (nSPS) is 16.2. The third-order valence-corrected chi connectivity index (χ3v) is 3.33. The van der Waals surface area contributed by atoms with E-state index in [-0.39, 0.29) is 17.8 Å². The molecular weight excluding hydrogens is 242 g/mol. The number of hydrogen-bond donors (Lipinski definition) is 1. The fourth-order valence-corrected chi connectivity index (χ4v) is 2.29. The zero-order valence-electron chi connectivity index (χ0n) is 11.1. The van der Waals surface area contributed by atoms with Gasteiger partial charge in [0.05, 0.1) is 12.5 Å². The van der Waals surface area contributed by atoms with E-state index in [9.17, 15) is 9.59 Å². The first-order chi connectivity index (χ1) is 9.22. The molecule has 0 aromatic heterocycles. The zero-order valence-corrected chi connectivity index (χ0v) is 11.1. The van der Waals surface area contributed by atoms with Crippen molar-refractivity contribution in [3.8, 4) is 0 Å². The van der Waals surface area contributed by atoms with Crippen molar-refractivity contribution < 1.29 is 14.3 Å². The molecule has 1 aromatic carbocycles. The van der Waals surface area contributed by atoms with E-state index >= 15 is 0 Å². The Balaban J connectivity index is 1.68. The smallest absolute Gasteiger partial charge is 0.305 e. The molecule has 1 aromatic rings. The fraction of sp³-hybridized carbons (Fsp3) is 0.467. The van der Waals surface area contributed by atoms with Crippen molar-refractivity contribution in [2.24, 2.45) is 0 Å². The summed E-state index contributed by atoms with van der Waals surface area (Å²) in [4.78, 5) is 23.0. The van der Waals surface area contributed by atoms with E-state index in [1.165, 1.54) is 5.56 Å². The summed E-state index contributed by atoms with van der Waals surface area (Å²) >= 11 is 0. The molecule has 0 saturated carbocycles. The number of benzene rings is 1. The summed E-state index contributed by atoms with van der Waals surface area (Å²) in [6.07, 6.45) is 1.80. The second-order valence-corrected chi connectivity index (χ2v) is 4.66. The Bertz CT molecular complexity index is 470. The molecule has 0 heterocycles. The molecule has 4 heteroatoms. The number of rotatable bonds is 6. The number of nitrogens with one attached hydrogen (secondary N) is 1. The fourth-order valence-electron chi connectivity index (χ4n) is 2.29. The standard InChI is InChI=1S/C15H19NO3/c1-2-19-14(17)8-5-9-16-15(18)13-10-11-6-3-4-7-12(11)13/h3-4,6-7,13H,2,5,8-10H2,1H3,(H,16,18). The quantitative estimate of drug-likeness (QED) is 0.627. The van der Waals surface area contributed by atoms with Crippen LogP contribution in [0.2, 0.25) is 0 Å². The van der Waals surface area contributed by atoms with Gasteiger partial charge in [-0.2, -0.15) is 0 Å². The van der Waals surface area contributed by atoms with Crippen LogP contribution in [0.3, 0.4) is 0 Å². The van der Waals surface area contributed by atoms with Crippen molar-refractivity contribution in [1.29, 1.82) is 0 Å². The lowest BCUT2D eigenvalue weighted by Crippen LogP contribution is -2.36. The number of esters is 1. The summed E-state index contributed by atoms with van der Waals surface area (Å²) in [5.41, 5.74) is 2.39. The van der Waals surface area contributed by atoms with E-state index in [1.54, 1.807) is 6.92 Å². The first-order valence-corrected chi connectivity index (χ1v) is 6.73. The van der Waals surface area contributed by atoms with Gasteiger partial charge in [-0.25, -0.2) is 0 Å². The van der Waals surface area contributed by atoms with Crippen molar-refractivity contribution in [3.63, 3.8) is 0 Å². The summed E-state index contributed by atoms with van der Waals surface area (Å²) in [5, 5.41) is 2.88. The third-order valence-electron chi connectivity index (χ3n) is 3.33. The number of carbonyl (C=O) groups excluding carboxylic acids is 2. The Morgan fingerprint density at radius 1 is 1.37 bits per heavy atom. The maximum absolute atomic E-state index is 11.9. The van der Waals surface area contributed by atoms with Gasteiger partial charge in [-0.05, 0) is 30.9 Å². The maximum atomic E-state index is 11.9. The highest BCUT2D eigenvalue weighted by molar-refractivity contribution is 5.86.